The first-order valence-corrected chi connectivity index (χ1v) is 6.04. The van der Waals surface area contributed by atoms with Crippen LogP contribution in [0.15, 0.2) is 42.3 Å². The number of likely N-dealkylation sites (N-methyl/N-ethyl adjacent to an activating group) is 1. The van der Waals surface area contributed by atoms with Gasteiger partial charge in [-0.1, -0.05) is 30.3 Å². The zero-order valence-electron chi connectivity index (χ0n) is 10.9. The highest BCUT2D eigenvalue weighted by Crippen LogP contribution is 2.36. The normalized spacial score (nSPS) is 24.8. The Morgan fingerprint density at radius 2 is 1.94 bits per heavy atom. The lowest BCUT2D eigenvalue weighted by Crippen LogP contribution is -2.30. The highest BCUT2D eigenvalue weighted by molar-refractivity contribution is 5.79. The third-order valence-corrected chi connectivity index (χ3v) is 3.50. The zero-order valence-corrected chi connectivity index (χ0v) is 10.9. The van der Waals surface area contributed by atoms with Crippen molar-refractivity contribution in [3.05, 3.63) is 47.9 Å². The smallest absolute Gasteiger partial charge is 0.327 e. The number of aliphatic hydroxyl groups excluding tert-OH is 1. The van der Waals surface area contributed by atoms with Gasteiger partial charge < -0.3 is 10.0 Å². The molecule has 0 saturated carbocycles. The lowest BCUT2D eigenvalue weighted by Gasteiger charge is -2.24. The Morgan fingerprint density at radius 1 is 1.33 bits per heavy atom. The molecule has 0 bridgehead atoms. The first kappa shape index (κ1) is 12.5. The number of carbonyl (C=O) groups is 1. The van der Waals surface area contributed by atoms with Crippen LogP contribution in [0.1, 0.15) is 25.5 Å². The molecular formula is C14H18N2O2. The number of benzene rings is 1. The van der Waals surface area contributed by atoms with Gasteiger partial charge in [-0.2, -0.15) is 0 Å². The number of carbonyl (C=O) groups excluding carboxylic acids is 1. The monoisotopic (exact) mass is 246 g/mol. The highest BCUT2D eigenvalue weighted by Gasteiger charge is 2.43. The molecule has 1 aromatic carbocycles. The molecule has 0 aliphatic carbocycles. The van der Waals surface area contributed by atoms with Crippen LogP contribution >= 0.6 is 0 Å². The van der Waals surface area contributed by atoms with Gasteiger partial charge >= 0.3 is 6.03 Å². The number of aliphatic hydroxyl groups is 1. The largest absolute Gasteiger partial charge is 0.495 e. The highest BCUT2D eigenvalue weighted by atomic mass is 16.3. The molecule has 2 atom stereocenters. The summed E-state index contributed by atoms with van der Waals surface area (Å²) in [5.41, 5.74) is 1.02. The van der Waals surface area contributed by atoms with E-state index in [0.29, 0.717) is 0 Å². The van der Waals surface area contributed by atoms with Crippen molar-refractivity contribution in [3.8, 4) is 0 Å². The fourth-order valence-electron chi connectivity index (χ4n) is 2.35. The van der Waals surface area contributed by atoms with E-state index in [2.05, 4.69) is 0 Å². The quantitative estimate of drug-likeness (QED) is 0.815. The second kappa shape index (κ2) is 4.72. The van der Waals surface area contributed by atoms with Crippen LogP contribution < -0.4 is 0 Å². The van der Waals surface area contributed by atoms with Crippen molar-refractivity contribution in [1.29, 1.82) is 0 Å². The van der Waals surface area contributed by atoms with Gasteiger partial charge in [-0.15, -0.1) is 0 Å². The fourth-order valence-corrected chi connectivity index (χ4v) is 2.35. The van der Waals surface area contributed by atoms with Crippen LogP contribution in [-0.2, 0) is 0 Å². The van der Waals surface area contributed by atoms with Gasteiger partial charge in [0.2, 0.25) is 0 Å². The van der Waals surface area contributed by atoms with E-state index in [0.717, 1.165) is 5.56 Å². The van der Waals surface area contributed by atoms with Crippen LogP contribution in [-0.4, -0.2) is 34.0 Å². The summed E-state index contributed by atoms with van der Waals surface area (Å²) in [7, 11) is 1.76. The van der Waals surface area contributed by atoms with Gasteiger partial charge in [0.25, 0.3) is 0 Å². The van der Waals surface area contributed by atoms with Crippen molar-refractivity contribution in [2.75, 3.05) is 7.05 Å². The molecule has 1 aromatic rings. The average Bonchev–Trinajstić information content (AvgIpc) is 2.63. The van der Waals surface area contributed by atoms with Gasteiger partial charge in [-0.25, -0.2) is 4.79 Å². The van der Waals surface area contributed by atoms with Crippen molar-refractivity contribution >= 4 is 6.03 Å². The lowest BCUT2D eigenvalue weighted by atomic mass is 10.0. The van der Waals surface area contributed by atoms with Crippen molar-refractivity contribution in [3.63, 3.8) is 0 Å². The van der Waals surface area contributed by atoms with Crippen LogP contribution in [0, 0.1) is 0 Å². The molecule has 4 heteroatoms. The Bertz CT molecular complexity index is 470. The van der Waals surface area contributed by atoms with Crippen LogP contribution in [0.2, 0.25) is 0 Å². The molecule has 1 saturated heterocycles. The summed E-state index contributed by atoms with van der Waals surface area (Å²) in [5, 5.41) is 9.93. The van der Waals surface area contributed by atoms with Crippen molar-refractivity contribution in [2.24, 2.45) is 0 Å². The summed E-state index contributed by atoms with van der Waals surface area (Å²) in [6.45, 7) is 3.70. The molecule has 1 aliphatic rings. The molecule has 18 heavy (non-hydrogen) atoms. The molecule has 1 heterocycles. The summed E-state index contributed by atoms with van der Waals surface area (Å²) >= 11 is 0. The Labute approximate surface area is 107 Å². The molecule has 1 aliphatic heterocycles. The van der Waals surface area contributed by atoms with E-state index in [1.54, 1.807) is 24.9 Å². The summed E-state index contributed by atoms with van der Waals surface area (Å²) in [5.74, 6) is 0.00468. The lowest BCUT2D eigenvalue weighted by molar-refractivity contribution is 0.173. The molecule has 0 spiro atoms. The molecule has 0 radical (unpaired) electrons. The number of urea groups is 1. The van der Waals surface area contributed by atoms with Crippen LogP contribution in [0.3, 0.4) is 0 Å². The Kier molecular flexibility index (Phi) is 3.28. The van der Waals surface area contributed by atoms with E-state index in [1.807, 2.05) is 37.3 Å². The molecule has 1 N–H and O–H groups in total. The summed E-state index contributed by atoms with van der Waals surface area (Å²) < 4.78 is 0. The molecular weight excluding hydrogens is 228 g/mol. The first-order chi connectivity index (χ1) is 8.57. The van der Waals surface area contributed by atoms with E-state index in [4.69, 9.17) is 0 Å². The molecule has 4 nitrogen and oxygen atoms in total. The van der Waals surface area contributed by atoms with Gasteiger partial charge in [0.15, 0.2) is 5.88 Å². The van der Waals surface area contributed by atoms with Crippen molar-refractivity contribution < 1.29 is 9.90 Å². The SMILES string of the molecule is C/C=C(\O)N1C(=O)N(C)[C@@H](C)[C@H]1c1ccccc1. The van der Waals surface area contributed by atoms with E-state index < -0.39 is 0 Å². The molecule has 96 valence electrons. The third kappa shape index (κ3) is 1.83. The minimum absolute atomic E-state index is 0.00468. The van der Waals surface area contributed by atoms with E-state index in [1.165, 1.54) is 4.90 Å². The maximum Gasteiger partial charge on any atom is 0.327 e. The molecule has 2 amide bonds. The second-order valence-electron chi connectivity index (χ2n) is 4.51. The van der Waals surface area contributed by atoms with Crippen LogP contribution in [0.25, 0.3) is 0 Å². The Balaban J connectivity index is 2.45. The molecule has 1 fully saturated rings. The number of allylic oxidation sites excluding steroid dienone is 1. The fraction of sp³-hybridized carbons (Fsp3) is 0.357. The summed E-state index contributed by atoms with van der Waals surface area (Å²) in [6.07, 6.45) is 1.54. The number of hydrogen-bond acceptors (Lipinski definition) is 2. The molecule has 0 unspecified atom stereocenters. The van der Waals surface area contributed by atoms with Crippen LogP contribution in [0.4, 0.5) is 4.79 Å². The number of rotatable bonds is 2. The van der Waals surface area contributed by atoms with E-state index in [9.17, 15) is 9.90 Å². The van der Waals surface area contributed by atoms with E-state index >= 15 is 0 Å². The second-order valence-corrected chi connectivity index (χ2v) is 4.51. The van der Waals surface area contributed by atoms with E-state index in [-0.39, 0.29) is 24.0 Å². The summed E-state index contributed by atoms with van der Waals surface area (Å²) in [4.78, 5) is 15.2. The number of nitrogens with zero attached hydrogens (tertiary/aromatic N) is 2. The van der Waals surface area contributed by atoms with Crippen molar-refractivity contribution in [1.82, 2.24) is 9.80 Å². The molecule has 0 aromatic heterocycles. The topological polar surface area (TPSA) is 43.8 Å². The maximum atomic E-state index is 12.2. The molecule has 2 rings (SSSR count). The van der Waals surface area contributed by atoms with Gasteiger partial charge in [0.1, 0.15) is 0 Å². The third-order valence-electron chi connectivity index (χ3n) is 3.50. The first-order valence-electron chi connectivity index (χ1n) is 6.04. The minimum atomic E-state index is -0.174. The average molecular weight is 246 g/mol. The van der Waals surface area contributed by atoms with Gasteiger partial charge in [-0.3, -0.25) is 4.90 Å². The maximum absolute atomic E-state index is 12.2. The van der Waals surface area contributed by atoms with Crippen molar-refractivity contribution in [2.45, 2.75) is 25.9 Å². The Hall–Kier alpha value is -1.97. The van der Waals surface area contributed by atoms with Gasteiger partial charge in [0.05, 0.1) is 12.1 Å². The predicted octanol–water partition coefficient (Wildman–Crippen LogP) is 2.90. The Morgan fingerprint density at radius 3 is 2.50 bits per heavy atom. The number of hydrogen-bond donors (Lipinski definition) is 1. The van der Waals surface area contributed by atoms with Crippen LogP contribution in [0.5, 0.6) is 0 Å². The van der Waals surface area contributed by atoms with Gasteiger partial charge in [0, 0.05) is 7.05 Å². The number of amides is 2. The zero-order chi connectivity index (χ0) is 13.3. The minimum Gasteiger partial charge on any atom is -0.495 e. The summed E-state index contributed by atoms with van der Waals surface area (Å²) in [6, 6.07) is 9.46. The predicted molar refractivity (Wildman–Crippen MR) is 70.0 cm³/mol. The van der Waals surface area contributed by atoms with Gasteiger partial charge in [-0.05, 0) is 25.5 Å². The standard InChI is InChI=1S/C14H18N2O2/c1-4-12(17)16-13(10(2)15(3)14(16)18)11-8-6-5-7-9-11/h4-10,13,17H,1-3H3/b12-4-/t10-,13-/m0/s1.